The maximum Gasteiger partial charge on any atom is 0.472 e. The highest BCUT2D eigenvalue weighted by molar-refractivity contribution is 7.47. The van der Waals surface area contributed by atoms with Crippen molar-refractivity contribution >= 4 is 13.7 Å². The molecule has 0 aliphatic rings. The number of phosphoric ester groups is 1. The lowest BCUT2D eigenvalue weighted by atomic mass is 10.0. The Kier molecular flexibility index (Phi) is 45.2. The summed E-state index contributed by atoms with van der Waals surface area (Å²) in [5, 5.41) is 13.7. The van der Waals surface area contributed by atoms with Gasteiger partial charge in [-0.1, -0.05) is 230 Å². The molecule has 1 amide bonds. The van der Waals surface area contributed by atoms with Crippen LogP contribution in [-0.2, 0) is 18.4 Å². The van der Waals surface area contributed by atoms with Crippen LogP contribution < -0.4 is 11.1 Å². The molecular weight excluding hydrogens is 756 g/mol. The molecule has 0 aliphatic heterocycles. The summed E-state index contributed by atoms with van der Waals surface area (Å²) in [4.78, 5) is 22.8. The third-order valence-corrected chi connectivity index (χ3v) is 12.2. The summed E-state index contributed by atoms with van der Waals surface area (Å²) >= 11 is 0. The SMILES string of the molecule is CCCCCCCCC/C=C/CC/C=C/CC/C=C/C(O)C(COP(=O)(O)OCCN)NC(=O)CCCCCCCCCCCCCCCCCCCCCCCCC. The third kappa shape index (κ3) is 44.6. The Labute approximate surface area is 365 Å². The smallest absolute Gasteiger partial charge is 0.387 e. The van der Waals surface area contributed by atoms with E-state index in [1.165, 1.54) is 180 Å². The average Bonchev–Trinajstić information content (AvgIpc) is 3.22. The monoisotopic (exact) mass is 853 g/mol. The Morgan fingerprint density at radius 2 is 0.898 bits per heavy atom. The molecule has 0 aromatic rings. The van der Waals surface area contributed by atoms with Crippen LogP contribution in [0.2, 0.25) is 0 Å². The van der Waals surface area contributed by atoms with E-state index in [1.54, 1.807) is 6.08 Å². The highest BCUT2D eigenvalue weighted by atomic mass is 31.2. The van der Waals surface area contributed by atoms with Crippen LogP contribution in [0.1, 0.15) is 245 Å². The van der Waals surface area contributed by atoms with Crippen LogP contribution in [0.25, 0.3) is 0 Å². The second kappa shape index (κ2) is 46.2. The molecule has 3 unspecified atom stereocenters. The molecule has 9 heteroatoms. The van der Waals surface area contributed by atoms with Gasteiger partial charge in [-0.3, -0.25) is 13.8 Å². The van der Waals surface area contributed by atoms with Crippen LogP contribution in [0.4, 0.5) is 0 Å². The first kappa shape index (κ1) is 57.7. The van der Waals surface area contributed by atoms with E-state index in [0.29, 0.717) is 6.42 Å². The summed E-state index contributed by atoms with van der Waals surface area (Å²) in [6.07, 6.45) is 56.4. The van der Waals surface area contributed by atoms with Crippen LogP contribution in [0.3, 0.4) is 0 Å². The summed E-state index contributed by atoms with van der Waals surface area (Å²) in [6.45, 7) is 4.13. The number of carbonyl (C=O) groups is 1. The van der Waals surface area contributed by atoms with Gasteiger partial charge in [0.15, 0.2) is 0 Å². The number of rotatable bonds is 47. The normalized spacial score (nSPS) is 14.2. The van der Waals surface area contributed by atoms with Crippen molar-refractivity contribution in [1.29, 1.82) is 0 Å². The van der Waals surface area contributed by atoms with Gasteiger partial charge < -0.3 is 21.1 Å². The fourth-order valence-corrected chi connectivity index (χ4v) is 8.16. The van der Waals surface area contributed by atoms with E-state index in [9.17, 15) is 19.4 Å². The molecule has 0 bridgehead atoms. The molecule has 0 spiro atoms. The molecule has 0 aromatic heterocycles. The Morgan fingerprint density at radius 3 is 1.31 bits per heavy atom. The predicted molar refractivity (Wildman–Crippen MR) is 254 cm³/mol. The van der Waals surface area contributed by atoms with Crippen LogP contribution in [-0.4, -0.2) is 47.8 Å². The van der Waals surface area contributed by atoms with Crippen molar-refractivity contribution < 1.29 is 28.4 Å². The number of allylic oxidation sites excluding steroid dienone is 5. The molecule has 0 rings (SSSR count). The fraction of sp³-hybridized carbons (Fsp3) is 0.860. The number of carbonyl (C=O) groups excluding carboxylic acids is 1. The Morgan fingerprint density at radius 1 is 0.542 bits per heavy atom. The molecule has 5 N–H and O–H groups in total. The zero-order valence-corrected chi connectivity index (χ0v) is 39.6. The molecule has 0 aromatic carbocycles. The van der Waals surface area contributed by atoms with E-state index in [0.717, 1.165) is 44.9 Å². The topological polar surface area (TPSA) is 131 Å². The number of nitrogens with one attached hydrogen (secondary N) is 1. The van der Waals surface area contributed by atoms with E-state index >= 15 is 0 Å². The molecule has 3 atom stereocenters. The van der Waals surface area contributed by atoms with E-state index in [1.807, 2.05) is 6.08 Å². The first-order valence-corrected chi connectivity index (χ1v) is 26.6. The van der Waals surface area contributed by atoms with Gasteiger partial charge in [0.2, 0.25) is 5.91 Å². The summed E-state index contributed by atoms with van der Waals surface area (Å²) < 4.78 is 22.2. The molecule has 0 heterocycles. The molecular formula is C50H97N2O6P. The first-order valence-electron chi connectivity index (χ1n) is 25.1. The maximum absolute atomic E-state index is 12.8. The number of aliphatic hydroxyl groups is 1. The molecule has 0 saturated heterocycles. The van der Waals surface area contributed by atoms with Crippen LogP contribution in [0.5, 0.6) is 0 Å². The standard InChI is InChI=1S/C50H97N2O6P/c1-3-5-7-9-11-13-15-17-19-21-22-23-24-25-26-28-30-32-34-36-38-40-42-44-50(54)52-48(47-58-59(55,56)57-46-45-51)49(53)43-41-39-37-35-33-31-29-27-20-18-16-14-12-10-8-6-4-2/h20,27,33,35,41,43,48-49,53H,3-19,21-26,28-32,34,36-40,42,44-47,51H2,1-2H3,(H,52,54)(H,55,56)/b27-20+,35-33+,43-41+. The van der Waals surface area contributed by atoms with Crippen LogP contribution in [0, 0.1) is 0 Å². The molecule has 0 radical (unpaired) electrons. The van der Waals surface area contributed by atoms with E-state index < -0.39 is 20.0 Å². The fourth-order valence-electron chi connectivity index (χ4n) is 7.40. The molecule has 0 saturated carbocycles. The summed E-state index contributed by atoms with van der Waals surface area (Å²) in [5.41, 5.74) is 5.38. The van der Waals surface area contributed by atoms with Gasteiger partial charge in [-0.25, -0.2) is 4.57 Å². The Balaban J connectivity index is 4.11. The van der Waals surface area contributed by atoms with Crippen LogP contribution >= 0.6 is 7.82 Å². The number of phosphoric acid groups is 1. The van der Waals surface area contributed by atoms with Gasteiger partial charge in [0.25, 0.3) is 0 Å². The van der Waals surface area contributed by atoms with Gasteiger partial charge in [-0.05, 0) is 44.9 Å². The quantitative estimate of drug-likeness (QED) is 0.0272. The number of hydrogen-bond acceptors (Lipinski definition) is 6. The zero-order chi connectivity index (χ0) is 43.2. The summed E-state index contributed by atoms with van der Waals surface area (Å²) in [7, 11) is -4.35. The average molecular weight is 853 g/mol. The van der Waals surface area contributed by atoms with E-state index in [2.05, 4.69) is 43.5 Å². The minimum absolute atomic E-state index is 0.0729. The predicted octanol–water partition coefficient (Wildman–Crippen LogP) is 14.7. The lowest BCUT2D eigenvalue weighted by Gasteiger charge is -2.23. The summed E-state index contributed by atoms with van der Waals surface area (Å²) in [5.74, 6) is -0.204. The van der Waals surface area contributed by atoms with Crippen molar-refractivity contribution in [3.05, 3.63) is 36.5 Å². The molecule has 0 aliphatic carbocycles. The minimum Gasteiger partial charge on any atom is -0.387 e. The number of nitrogens with two attached hydrogens (primary N) is 1. The summed E-state index contributed by atoms with van der Waals surface area (Å²) in [6, 6.07) is -0.881. The highest BCUT2D eigenvalue weighted by Crippen LogP contribution is 2.43. The molecule has 348 valence electrons. The van der Waals surface area contributed by atoms with Crippen molar-refractivity contribution in [3.63, 3.8) is 0 Å². The Hall–Kier alpha value is -1.28. The van der Waals surface area contributed by atoms with E-state index in [4.69, 9.17) is 14.8 Å². The van der Waals surface area contributed by atoms with Gasteiger partial charge >= 0.3 is 7.82 Å². The molecule has 59 heavy (non-hydrogen) atoms. The number of unbranched alkanes of at least 4 members (excludes halogenated alkanes) is 31. The second-order valence-electron chi connectivity index (χ2n) is 17.0. The number of amides is 1. The molecule has 8 nitrogen and oxygen atoms in total. The lowest BCUT2D eigenvalue weighted by molar-refractivity contribution is -0.123. The van der Waals surface area contributed by atoms with Crippen molar-refractivity contribution in [2.24, 2.45) is 5.73 Å². The number of aliphatic hydroxyl groups excluding tert-OH is 1. The van der Waals surface area contributed by atoms with Gasteiger partial charge in [0.05, 0.1) is 25.4 Å². The minimum atomic E-state index is -4.35. The van der Waals surface area contributed by atoms with Crippen LogP contribution in [0.15, 0.2) is 36.5 Å². The van der Waals surface area contributed by atoms with Gasteiger partial charge in [-0.2, -0.15) is 0 Å². The first-order chi connectivity index (χ1) is 28.9. The third-order valence-electron chi connectivity index (χ3n) is 11.2. The second-order valence-corrected chi connectivity index (χ2v) is 18.5. The zero-order valence-electron chi connectivity index (χ0n) is 38.7. The van der Waals surface area contributed by atoms with Crippen molar-refractivity contribution in [3.8, 4) is 0 Å². The van der Waals surface area contributed by atoms with Gasteiger partial charge in [0.1, 0.15) is 0 Å². The van der Waals surface area contributed by atoms with Crippen molar-refractivity contribution in [2.75, 3.05) is 19.8 Å². The Bertz CT molecular complexity index is 1020. The van der Waals surface area contributed by atoms with Crippen molar-refractivity contribution in [2.45, 2.75) is 257 Å². The van der Waals surface area contributed by atoms with Crippen molar-refractivity contribution in [1.82, 2.24) is 5.32 Å². The van der Waals surface area contributed by atoms with Gasteiger partial charge in [-0.15, -0.1) is 0 Å². The molecule has 0 fully saturated rings. The highest BCUT2D eigenvalue weighted by Gasteiger charge is 2.26. The maximum atomic E-state index is 12.8. The number of hydrogen-bond donors (Lipinski definition) is 4. The van der Waals surface area contributed by atoms with E-state index in [-0.39, 0.29) is 25.7 Å². The largest absolute Gasteiger partial charge is 0.472 e. The lowest BCUT2D eigenvalue weighted by Crippen LogP contribution is -2.45. The van der Waals surface area contributed by atoms with Gasteiger partial charge in [0, 0.05) is 13.0 Å².